The van der Waals surface area contributed by atoms with E-state index in [2.05, 4.69) is 28.2 Å². The number of benzene rings is 4. The first-order chi connectivity index (χ1) is 35.2. The van der Waals surface area contributed by atoms with Crippen LogP contribution in [0.2, 0.25) is 0 Å². The number of nitrogens with one attached hydrogen (secondary N) is 2. The summed E-state index contributed by atoms with van der Waals surface area (Å²) in [5, 5.41) is 5.37. The maximum atomic E-state index is 13.9. The molecule has 26 heteroatoms. The Morgan fingerprint density at radius 3 is 1.87 bits per heavy atom. The van der Waals surface area contributed by atoms with E-state index in [1.807, 2.05) is 0 Å². The minimum absolute atomic E-state index is 0.0198. The summed E-state index contributed by atoms with van der Waals surface area (Å²) < 4.78 is 150. The molecule has 0 bridgehead atoms. The number of likely N-dealkylation sites (N-methyl/N-ethyl adjacent to an activating group) is 1. The van der Waals surface area contributed by atoms with Crippen molar-refractivity contribution < 1.29 is 61.2 Å². The highest BCUT2D eigenvalue weighted by molar-refractivity contribution is 7.95. The van der Waals surface area contributed by atoms with Gasteiger partial charge in [0.25, 0.3) is 21.8 Å². The number of nitrogens with zero attached hydrogens (tertiary/aromatic N) is 6. The molecule has 400 valence electrons. The molecule has 3 amide bonds. The van der Waals surface area contributed by atoms with Crippen molar-refractivity contribution in [1.29, 1.82) is 0 Å². The molecule has 5 aromatic rings. The minimum atomic E-state index is -4.57. The standard InChI is InChI=1S/C49H53F3N8O11S4/c1-5-72(64,65)54-27-35-21-23-58(30-35)74(68,69)43-17-10-37(11-18-43)47(62)55-42-16-9-39-26-45(53-28-40(39)25-42)60(73(66,67)6-2)32-36-22-24-59(31-36)75(70,71)44-19-12-38(13-20-44)48(63)57(33-46(61)56(3)4)29-34-7-14-41(15-8-34)49(50,51)52/h5-20,25-26,28,35-36,54H,1-2,21-24,27,29-33H2,3-4H3,(H,55,62). The lowest BCUT2D eigenvalue weighted by atomic mass is 10.1. The third kappa shape index (κ3) is 13.3. The highest BCUT2D eigenvalue weighted by Gasteiger charge is 2.37. The molecule has 4 aromatic carbocycles. The number of fused-ring (bicyclic) bond motifs is 1. The number of carbonyl (C=O) groups excluding carboxylic acids is 3. The number of aromatic nitrogens is 1. The highest BCUT2D eigenvalue weighted by atomic mass is 32.2. The van der Waals surface area contributed by atoms with Crippen molar-refractivity contribution in [2.45, 2.75) is 35.4 Å². The Bertz CT molecular complexity index is 3460. The van der Waals surface area contributed by atoms with Crippen molar-refractivity contribution in [3.05, 3.63) is 149 Å². The lowest BCUT2D eigenvalue weighted by molar-refractivity contribution is -0.137. The van der Waals surface area contributed by atoms with Crippen LogP contribution in [0.15, 0.2) is 137 Å². The van der Waals surface area contributed by atoms with Crippen molar-refractivity contribution in [2.75, 3.05) is 69.5 Å². The van der Waals surface area contributed by atoms with Crippen LogP contribution in [0.3, 0.4) is 0 Å². The first-order valence-electron chi connectivity index (χ1n) is 23.0. The summed E-state index contributed by atoms with van der Waals surface area (Å²) in [5.74, 6) is -2.39. The number of hydrogen-bond donors (Lipinski definition) is 2. The summed E-state index contributed by atoms with van der Waals surface area (Å²) in [6, 6.07) is 20.9. The second-order valence-electron chi connectivity index (χ2n) is 18.1. The average Bonchev–Trinajstić information content (AvgIpc) is 4.08. The molecule has 2 fully saturated rings. The molecule has 1 aromatic heterocycles. The van der Waals surface area contributed by atoms with E-state index in [9.17, 15) is 61.2 Å². The summed E-state index contributed by atoms with van der Waals surface area (Å²) in [6.45, 7) is 6.26. The molecule has 2 unspecified atom stereocenters. The normalized spacial score (nSPS) is 16.9. The van der Waals surface area contributed by atoms with Crippen LogP contribution in [0, 0.1) is 11.8 Å². The van der Waals surface area contributed by atoms with Crippen LogP contribution in [0.5, 0.6) is 0 Å². The number of pyridine rings is 1. The molecule has 0 aliphatic carbocycles. The molecule has 0 radical (unpaired) electrons. The summed E-state index contributed by atoms with van der Waals surface area (Å²) in [5.41, 5.74) is -0.0208. The zero-order chi connectivity index (χ0) is 54.7. The molecule has 7 rings (SSSR count). The largest absolute Gasteiger partial charge is 0.416 e. The zero-order valence-corrected chi connectivity index (χ0v) is 43.8. The van der Waals surface area contributed by atoms with Gasteiger partial charge in [-0.1, -0.05) is 31.4 Å². The predicted octanol–water partition coefficient (Wildman–Crippen LogP) is 5.30. The number of anilines is 2. The van der Waals surface area contributed by atoms with Gasteiger partial charge in [0.05, 0.1) is 15.4 Å². The first-order valence-corrected chi connectivity index (χ1v) is 29.0. The van der Waals surface area contributed by atoms with Crippen molar-refractivity contribution >= 4 is 80.1 Å². The molecule has 2 aliphatic rings. The van der Waals surface area contributed by atoms with Crippen LogP contribution < -0.4 is 14.3 Å². The molecule has 2 aliphatic heterocycles. The SMILES string of the molecule is C=CS(=O)(=O)NCC1CCN(S(=O)(=O)c2ccc(C(=O)Nc3ccc4cc(N(CC5CCN(S(=O)(=O)c6ccc(C(=O)N(CC(=O)N(C)C)Cc7ccc(C(F)(F)F)cc7)cc6)C5)S(=O)(=O)C=C)ncc4c3)cc2)C1. The van der Waals surface area contributed by atoms with E-state index in [0.29, 0.717) is 28.4 Å². The summed E-state index contributed by atoms with van der Waals surface area (Å²) in [4.78, 5) is 46.3. The highest BCUT2D eigenvalue weighted by Crippen LogP contribution is 2.32. The van der Waals surface area contributed by atoms with Crippen LogP contribution in [0.4, 0.5) is 24.7 Å². The number of hydrogen-bond acceptors (Lipinski definition) is 12. The van der Waals surface area contributed by atoms with Gasteiger partial charge in [-0.15, -0.1) is 0 Å². The quantitative estimate of drug-likeness (QED) is 0.101. The van der Waals surface area contributed by atoms with Crippen LogP contribution in [0.25, 0.3) is 10.8 Å². The number of amides is 3. The second-order valence-corrected chi connectivity index (χ2v) is 25.5. The number of alkyl halides is 3. The first kappa shape index (κ1) is 56.2. The maximum Gasteiger partial charge on any atom is 0.416 e. The zero-order valence-electron chi connectivity index (χ0n) is 40.6. The number of sulfonamides is 4. The van der Waals surface area contributed by atoms with Gasteiger partial charge in [0, 0.05) is 99.1 Å². The monoisotopic (exact) mass is 1110 g/mol. The van der Waals surface area contributed by atoms with Crippen LogP contribution in [0.1, 0.15) is 44.7 Å². The van der Waals surface area contributed by atoms with E-state index in [4.69, 9.17) is 0 Å². The van der Waals surface area contributed by atoms with Gasteiger partial charge in [-0.25, -0.2) is 47.7 Å². The maximum absolute atomic E-state index is 13.9. The fraction of sp³-hybridized carbons (Fsp3) is 0.306. The molecule has 3 heterocycles. The van der Waals surface area contributed by atoms with Gasteiger partial charge in [0.2, 0.25) is 36.0 Å². The Morgan fingerprint density at radius 2 is 1.31 bits per heavy atom. The summed E-state index contributed by atoms with van der Waals surface area (Å²) >= 11 is 0. The third-order valence-corrected chi connectivity index (χ3v) is 18.9. The van der Waals surface area contributed by atoms with Crippen molar-refractivity contribution in [3.8, 4) is 0 Å². The topological polar surface area (TPSA) is 241 Å². The van der Waals surface area contributed by atoms with E-state index < -0.39 is 82.0 Å². The molecule has 0 spiro atoms. The summed E-state index contributed by atoms with van der Waals surface area (Å²) in [6.07, 6.45) is -2.43. The molecule has 75 heavy (non-hydrogen) atoms. The van der Waals surface area contributed by atoms with Crippen molar-refractivity contribution in [1.82, 2.24) is 28.1 Å². The lowest BCUT2D eigenvalue weighted by Gasteiger charge is -2.25. The predicted molar refractivity (Wildman–Crippen MR) is 275 cm³/mol. The molecule has 2 atom stereocenters. The lowest BCUT2D eigenvalue weighted by Crippen LogP contribution is -2.40. The van der Waals surface area contributed by atoms with Gasteiger partial charge in [-0.3, -0.25) is 14.4 Å². The van der Waals surface area contributed by atoms with Crippen molar-refractivity contribution in [2.24, 2.45) is 11.8 Å². The van der Waals surface area contributed by atoms with Crippen LogP contribution in [-0.4, -0.2) is 135 Å². The van der Waals surface area contributed by atoms with Gasteiger partial charge in [0.15, 0.2) is 0 Å². The fourth-order valence-electron chi connectivity index (χ4n) is 8.39. The van der Waals surface area contributed by atoms with E-state index in [-0.39, 0.29) is 84.9 Å². The van der Waals surface area contributed by atoms with E-state index in [0.717, 1.165) is 32.2 Å². The van der Waals surface area contributed by atoms with Gasteiger partial charge in [-0.2, -0.15) is 21.8 Å². The Hall–Kier alpha value is -6.55. The van der Waals surface area contributed by atoms with Gasteiger partial charge >= 0.3 is 6.18 Å². The second kappa shape index (κ2) is 22.3. The Kier molecular flexibility index (Phi) is 16.7. The van der Waals surface area contributed by atoms with E-state index in [1.54, 1.807) is 18.2 Å². The molecular formula is C49H53F3N8O11S4. The Balaban J connectivity index is 0.982. The summed E-state index contributed by atoms with van der Waals surface area (Å²) in [7, 11) is -13.0. The molecule has 2 saturated heterocycles. The van der Waals surface area contributed by atoms with Crippen LogP contribution >= 0.6 is 0 Å². The Labute approximate surface area is 433 Å². The molecule has 2 N–H and O–H groups in total. The minimum Gasteiger partial charge on any atom is -0.347 e. The van der Waals surface area contributed by atoms with E-state index >= 15 is 0 Å². The molecule has 0 saturated carbocycles. The number of rotatable bonds is 20. The van der Waals surface area contributed by atoms with Gasteiger partial charge in [-0.05, 0) is 114 Å². The third-order valence-electron chi connectivity index (χ3n) is 12.7. The smallest absolute Gasteiger partial charge is 0.347 e. The Morgan fingerprint density at radius 1 is 0.733 bits per heavy atom. The number of carbonyl (C=O) groups is 3. The molecule has 19 nitrogen and oxygen atoms in total. The average molecular weight is 1120 g/mol. The number of halogens is 3. The van der Waals surface area contributed by atoms with Gasteiger partial charge in [0.1, 0.15) is 12.4 Å². The fourth-order valence-corrected chi connectivity index (χ4v) is 13.0. The van der Waals surface area contributed by atoms with Gasteiger partial charge < -0.3 is 15.1 Å². The van der Waals surface area contributed by atoms with Crippen molar-refractivity contribution in [3.63, 3.8) is 0 Å². The van der Waals surface area contributed by atoms with E-state index in [1.165, 1.54) is 101 Å². The molecular weight excluding hydrogens is 1060 g/mol. The van der Waals surface area contributed by atoms with Crippen LogP contribution in [-0.2, 0) is 57.6 Å².